The van der Waals surface area contributed by atoms with Crippen LogP contribution in [0, 0.1) is 18.9 Å². The zero-order chi connectivity index (χ0) is 13.7. The normalized spacial score (nSPS) is 12.9. The molecule has 0 aliphatic heterocycles. The molecule has 0 amide bonds. The van der Waals surface area contributed by atoms with Gasteiger partial charge in [0, 0.05) is 22.8 Å². The Hall–Kier alpha value is -2.05. The van der Waals surface area contributed by atoms with E-state index in [2.05, 4.69) is 16.3 Å². The fraction of sp³-hybridized carbons (Fsp3) is 0.125. The molecule has 19 heavy (non-hydrogen) atoms. The quantitative estimate of drug-likeness (QED) is 0.729. The van der Waals surface area contributed by atoms with Gasteiger partial charge in [-0.1, -0.05) is 36.4 Å². The van der Waals surface area contributed by atoms with Crippen molar-refractivity contribution in [3.05, 3.63) is 65.7 Å². The van der Waals surface area contributed by atoms with Crippen LogP contribution in [0.2, 0.25) is 0 Å². The topological polar surface area (TPSA) is 29.4 Å². The van der Waals surface area contributed by atoms with E-state index in [0.717, 1.165) is 11.1 Å². The molecule has 0 bridgehead atoms. The van der Waals surface area contributed by atoms with Crippen LogP contribution in [0.5, 0.6) is 0 Å². The summed E-state index contributed by atoms with van der Waals surface area (Å²) in [5, 5.41) is 0. The minimum absolute atomic E-state index is 0.703. The van der Waals surface area contributed by atoms with Crippen LogP contribution in [0.15, 0.2) is 63.9 Å². The van der Waals surface area contributed by atoms with Gasteiger partial charge in [0.15, 0.2) is 0 Å². The van der Waals surface area contributed by atoms with E-state index in [0.29, 0.717) is 4.90 Å². The summed E-state index contributed by atoms with van der Waals surface area (Å²) in [5.41, 5.74) is 2.00. The van der Waals surface area contributed by atoms with Gasteiger partial charge in [0.25, 0.3) is 0 Å². The molecule has 0 aliphatic rings. The van der Waals surface area contributed by atoms with Gasteiger partial charge in [0.1, 0.15) is 0 Å². The second-order valence-electron chi connectivity index (χ2n) is 4.26. The first-order chi connectivity index (χ1) is 9.09. The van der Waals surface area contributed by atoms with Crippen LogP contribution < -0.4 is 0 Å². The van der Waals surface area contributed by atoms with Crippen molar-refractivity contribution in [1.82, 2.24) is 0 Å². The van der Waals surface area contributed by atoms with Crippen LogP contribution in [0.1, 0.15) is 11.1 Å². The van der Waals surface area contributed by atoms with E-state index in [1.165, 1.54) is 0 Å². The maximum Gasteiger partial charge on any atom is 0.0854 e. The molecule has 2 rings (SSSR count). The Balaban J connectivity index is 2.34. The lowest BCUT2D eigenvalue weighted by Gasteiger charge is -2.00. The highest BCUT2D eigenvalue weighted by atomic mass is 32.2. The number of benzene rings is 2. The predicted octanol–water partition coefficient (Wildman–Crippen LogP) is 3.46. The van der Waals surface area contributed by atoms with Gasteiger partial charge >= 0.3 is 0 Å². The average Bonchev–Trinajstić information content (AvgIpc) is 2.42. The minimum Gasteiger partial charge on any atom is -0.244 e. The molecule has 1 unspecified atom stereocenters. The zero-order valence-electron chi connectivity index (χ0n) is 11.0. The van der Waals surface area contributed by atoms with Crippen LogP contribution in [0.4, 0.5) is 0 Å². The van der Waals surface area contributed by atoms with Crippen molar-refractivity contribution in [2.75, 3.05) is 6.26 Å². The van der Waals surface area contributed by atoms with Crippen molar-refractivity contribution in [3.63, 3.8) is 0 Å². The summed E-state index contributed by atoms with van der Waals surface area (Å²) >= 11 is 0. The van der Waals surface area contributed by atoms with E-state index < -0.39 is 9.73 Å². The highest BCUT2D eigenvalue weighted by Crippen LogP contribution is 2.10. The van der Waals surface area contributed by atoms with Gasteiger partial charge in [-0.05, 0) is 36.6 Å². The van der Waals surface area contributed by atoms with Crippen molar-refractivity contribution in [2.45, 2.75) is 11.8 Å². The first-order valence-electron chi connectivity index (χ1n) is 5.92. The van der Waals surface area contributed by atoms with Crippen LogP contribution in [0.3, 0.4) is 0 Å². The molecule has 0 N–H and O–H groups in total. The van der Waals surface area contributed by atoms with Crippen molar-refractivity contribution >= 4 is 9.73 Å². The molecule has 3 heteroatoms. The zero-order valence-corrected chi connectivity index (χ0v) is 11.8. The molecule has 0 fully saturated rings. The lowest BCUT2D eigenvalue weighted by molar-refractivity contribution is 0.681. The molecule has 2 aromatic rings. The standard InChI is InChI=1S/C16H15NOS/c1-14-8-6-7-9-15(14)12-13-17-19(2,18)16-10-4-3-5-11-16/h3-11H,1-2H3. The van der Waals surface area contributed by atoms with Crippen molar-refractivity contribution < 1.29 is 4.21 Å². The molecule has 0 saturated carbocycles. The van der Waals surface area contributed by atoms with Gasteiger partial charge in [0.05, 0.1) is 9.73 Å². The Morgan fingerprint density at radius 1 is 1.00 bits per heavy atom. The Morgan fingerprint density at radius 3 is 2.32 bits per heavy atom. The minimum atomic E-state index is -2.44. The van der Waals surface area contributed by atoms with E-state index >= 15 is 0 Å². The molecule has 0 radical (unpaired) electrons. The first-order valence-corrected chi connectivity index (χ1v) is 7.85. The summed E-state index contributed by atoms with van der Waals surface area (Å²) in [7, 11) is -2.44. The van der Waals surface area contributed by atoms with E-state index in [4.69, 9.17) is 0 Å². The summed E-state index contributed by atoms with van der Waals surface area (Å²) in [5.74, 6) is 2.94. The van der Waals surface area contributed by atoms with Gasteiger partial charge in [0.2, 0.25) is 0 Å². The van der Waals surface area contributed by atoms with Crippen molar-refractivity contribution in [2.24, 2.45) is 4.36 Å². The average molecular weight is 269 g/mol. The number of nitrogens with zero attached hydrogens (tertiary/aromatic N) is 1. The van der Waals surface area contributed by atoms with Crippen LogP contribution in [-0.4, -0.2) is 10.5 Å². The Labute approximate surface area is 114 Å². The Bertz CT molecular complexity index is 745. The third kappa shape index (κ3) is 3.46. The summed E-state index contributed by atoms with van der Waals surface area (Å²) in [6.07, 6.45) is 1.61. The third-order valence-electron chi connectivity index (χ3n) is 2.74. The van der Waals surface area contributed by atoms with Crippen LogP contribution in [0.25, 0.3) is 0 Å². The first kappa shape index (κ1) is 13.4. The third-order valence-corrected chi connectivity index (χ3v) is 4.32. The lowest BCUT2D eigenvalue weighted by Crippen LogP contribution is -1.95. The Morgan fingerprint density at radius 2 is 1.63 bits per heavy atom. The molecule has 2 nitrogen and oxygen atoms in total. The number of rotatable bonds is 1. The molecule has 1 atom stereocenters. The largest absolute Gasteiger partial charge is 0.244 e. The van der Waals surface area contributed by atoms with Crippen LogP contribution >= 0.6 is 0 Å². The molecule has 2 aromatic carbocycles. The van der Waals surface area contributed by atoms with E-state index in [9.17, 15) is 4.21 Å². The summed E-state index contributed by atoms with van der Waals surface area (Å²) in [6.45, 7) is 1.99. The summed E-state index contributed by atoms with van der Waals surface area (Å²) in [6, 6.07) is 19.7. The van der Waals surface area contributed by atoms with Gasteiger partial charge < -0.3 is 0 Å². The van der Waals surface area contributed by atoms with Gasteiger partial charge in [-0.15, -0.1) is 4.36 Å². The summed E-state index contributed by atoms with van der Waals surface area (Å²) < 4.78 is 16.4. The predicted molar refractivity (Wildman–Crippen MR) is 79.3 cm³/mol. The van der Waals surface area contributed by atoms with Gasteiger partial charge in [-0.3, -0.25) is 0 Å². The molecule has 0 saturated heterocycles. The SMILES string of the molecule is Cc1ccccc1C#CN=S(C)(=O)c1ccccc1. The fourth-order valence-electron chi connectivity index (χ4n) is 1.61. The molecule has 0 spiro atoms. The second kappa shape index (κ2) is 5.73. The molecule has 0 aromatic heterocycles. The van der Waals surface area contributed by atoms with Crippen LogP contribution in [-0.2, 0) is 9.73 Å². The highest BCUT2D eigenvalue weighted by molar-refractivity contribution is 7.93. The maximum absolute atomic E-state index is 12.4. The van der Waals surface area contributed by atoms with Gasteiger partial charge in [-0.25, -0.2) is 4.21 Å². The summed E-state index contributed by atoms with van der Waals surface area (Å²) in [4.78, 5) is 0.703. The fourth-order valence-corrected chi connectivity index (χ4v) is 2.60. The van der Waals surface area contributed by atoms with Gasteiger partial charge in [-0.2, -0.15) is 0 Å². The molecule has 0 heterocycles. The second-order valence-corrected chi connectivity index (χ2v) is 6.52. The number of hydrogen-bond acceptors (Lipinski definition) is 2. The Kier molecular flexibility index (Phi) is 4.03. The number of hydrogen-bond donors (Lipinski definition) is 0. The highest BCUT2D eigenvalue weighted by Gasteiger charge is 2.02. The molecule has 96 valence electrons. The van der Waals surface area contributed by atoms with E-state index in [1.54, 1.807) is 18.4 Å². The smallest absolute Gasteiger partial charge is 0.0854 e. The monoisotopic (exact) mass is 269 g/mol. The molecular formula is C16H15NOS. The van der Waals surface area contributed by atoms with Crippen molar-refractivity contribution in [3.8, 4) is 12.0 Å². The molecule has 0 aliphatic carbocycles. The molecular weight excluding hydrogens is 254 g/mol. The number of aryl methyl sites for hydroxylation is 1. The van der Waals surface area contributed by atoms with Crippen molar-refractivity contribution in [1.29, 1.82) is 0 Å². The van der Waals surface area contributed by atoms with E-state index in [-0.39, 0.29) is 0 Å². The lowest BCUT2D eigenvalue weighted by atomic mass is 10.1. The maximum atomic E-state index is 12.4. The van der Waals surface area contributed by atoms with E-state index in [1.807, 2.05) is 49.4 Å².